The quantitative estimate of drug-likeness (QED) is 0.405. The fraction of sp³-hybridized carbons (Fsp3) is 0.278. The second-order valence-corrected chi connectivity index (χ2v) is 6.22. The lowest BCUT2D eigenvalue weighted by Crippen LogP contribution is -2.03. The van der Waals surface area contributed by atoms with Crippen LogP contribution in [0.3, 0.4) is 0 Å². The lowest BCUT2D eigenvalue weighted by Gasteiger charge is -2.10. The van der Waals surface area contributed by atoms with E-state index in [2.05, 4.69) is 23.8 Å². The van der Waals surface area contributed by atoms with E-state index in [0.29, 0.717) is 17.0 Å². The number of benzene rings is 1. The summed E-state index contributed by atoms with van der Waals surface area (Å²) in [4.78, 5) is 21.7. The van der Waals surface area contributed by atoms with Gasteiger partial charge in [-0.3, -0.25) is 9.20 Å². The van der Waals surface area contributed by atoms with Crippen LogP contribution in [0.2, 0.25) is 0 Å². The summed E-state index contributed by atoms with van der Waals surface area (Å²) < 4.78 is 1.93. The molecule has 1 aromatic carbocycles. The van der Waals surface area contributed by atoms with Crippen molar-refractivity contribution in [3.8, 4) is 0 Å². The minimum atomic E-state index is -0.0711. The summed E-state index contributed by atoms with van der Waals surface area (Å²) >= 11 is 1.63. The highest BCUT2D eigenvalue weighted by Crippen LogP contribution is 2.24. The zero-order valence-electron chi connectivity index (χ0n) is 13.5. The predicted octanol–water partition coefficient (Wildman–Crippen LogP) is 3.94. The number of aromatic nitrogens is 3. The van der Waals surface area contributed by atoms with Crippen molar-refractivity contribution >= 4 is 23.3 Å². The van der Waals surface area contributed by atoms with Crippen molar-refractivity contribution in [2.75, 3.05) is 6.26 Å². The fourth-order valence-electron chi connectivity index (χ4n) is 2.71. The lowest BCUT2D eigenvalue weighted by atomic mass is 10.1. The first-order valence-corrected chi connectivity index (χ1v) is 8.90. The number of rotatable bonds is 5. The molecule has 0 saturated carbocycles. The monoisotopic (exact) mass is 325 g/mol. The Labute approximate surface area is 140 Å². The smallest absolute Gasteiger partial charge is 0.235 e. The number of imidazole rings is 1. The Bertz CT molecular complexity index is 856. The SMILES string of the molecule is CCCc1c(SC)nc2nc(C(=O)c3ccccc3)cn2c1C. The Morgan fingerprint density at radius 3 is 2.61 bits per heavy atom. The molecule has 118 valence electrons. The molecule has 3 aromatic rings. The van der Waals surface area contributed by atoms with Gasteiger partial charge in [-0.15, -0.1) is 11.8 Å². The van der Waals surface area contributed by atoms with E-state index in [4.69, 9.17) is 0 Å². The van der Waals surface area contributed by atoms with Crippen molar-refractivity contribution in [1.82, 2.24) is 14.4 Å². The van der Waals surface area contributed by atoms with E-state index in [1.54, 1.807) is 18.0 Å². The molecule has 5 heteroatoms. The van der Waals surface area contributed by atoms with Gasteiger partial charge in [-0.1, -0.05) is 43.7 Å². The van der Waals surface area contributed by atoms with Gasteiger partial charge in [-0.05, 0) is 19.6 Å². The van der Waals surface area contributed by atoms with Gasteiger partial charge in [0.05, 0.1) is 0 Å². The van der Waals surface area contributed by atoms with Crippen LogP contribution < -0.4 is 0 Å². The molecule has 2 heterocycles. The normalized spacial score (nSPS) is 11.1. The number of hydrogen-bond donors (Lipinski definition) is 0. The molecule has 0 bridgehead atoms. The maximum Gasteiger partial charge on any atom is 0.235 e. The van der Waals surface area contributed by atoms with Crippen LogP contribution in [0, 0.1) is 6.92 Å². The van der Waals surface area contributed by atoms with Crippen LogP contribution in [0.1, 0.15) is 40.7 Å². The van der Waals surface area contributed by atoms with E-state index in [9.17, 15) is 4.79 Å². The molecule has 0 N–H and O–H groups in total. The number of hydrogen-bond acceptors (Lipinski definition) is 4. The van der Waals surface area contributed by atoms with Gasteiger partial charge in [0.1, 0.15) is 10.7 Å². The zero-order valence-corrected chi connectivity index (χ0v) is 14.4. The molecule has 23 heavy (non-hydrogen) atoms. The number of carbonyl (C=O) groups excluding carboxylic acids is 1. The highest BCUT2D eigenvalue weighted by atomic mass is 32.2. The Kier molecular flexibility index (Phi) is 4.48. The van der Waals surface area contributed by atoms with Crippen LogP contribution in [0.4, 0.5) is 0 Å². The van der Waals surface area contributed by atoms with Crippen LogP contribution >= 0.6 is 11.8 Å². The Morgan fingerprint density at radius 1 is 1.22 bits per heavy atom. The summed E-state index contributed by atoms with van der Waals surface area (Å²) in [6, 6.07) is 9.23. The van der Waals surface area contributed by atoms with Gasteiger partial charge in [-0.2, -0.15) is 0 Å². The molecule has 0 atom stereocenters. The predicted molar refractivity (Wildman–Crippen MR) is 93.4 cm³/mol. The molecule has 0 fully saturated rings. The van der Waals surface area contributed by atoms with Gasteiger partial charge in [0, 0.05) is 23.0 Å². The molecule has 0 radical (unpaired) electrons. The molecule has 4 nitrogen and oxygen atoms in total. The minimum absolute atomic E-state index is 0.0711. The third kappa shape index (κ3) is 2.88. The van der Waals surface area contributed by atoms with Crippen molar-refractivity contribution in [1.29, 1.82) is 0 Å². The molecule has 0 aliphatic carbocycles. The average molecular weight is 325 g/mol. The van der Waals surface area contributed by atoms with Crippen molar-refractivity contribution < 1.29 is 4.79 Å². The fourth-order valence-corrected chi connectivity index (χ4v) is 3.38. The molecule has 0 unspecified atom stereocenters. The largest absolute Gasteiger partial charge is 0.287 e. The maximum atomic E-state index is 12.6. The first kappa shape index (κ1) is 15.7. The molecule has 0 amide bonds. The van der Waals surface area contributed by atoms with Crippen LogP contribution in [-0.4, -0.2) is 26.4 Å². The van der Waals surface area contributed by atoms with E-state index in [1.165, 1.54) is 5.56 Å². The third-order valence-electron chi connectivity index (χ3n) is 3.91. The topological polar surface area (TPSA) is 47.3 Å². The standard InChI is InChI=1S/C18H19N3OS/c1-4-8-14-12(2)21-11-15(19-18(21)20-17(14)23-3)16(22)13-9-6-5-7-10-13/h5-7,9-11H,4,8H2,1-3H3. The van der Waals surface area contributed by atoms with E-state index in [-0.39, 0.29) is 5.78 Å². The average Bonchev–Trinajstić information content (AvgIpc) is 3.01. The van der Waals surface area contributed by atoms with Crippen molar-refractivity contribution in [2.45, 2.75) is 31.7 Å². The molecule has 2 aromatic heterocycles. The number of aryl methyl sites for hydroxylation is 1. The third-order valence-corrected chi connectivity index (χ3v) is 4.63. The first-order chi connectivity index (χ1) is 11.2. The molecular weight excluding hydrogens is 306 g/mol. The van der Waals surface area contributed by atoms with E-state index < -0.39 is 0 Å². The zero-order chi connectivity index (χ0) is 16.4. The van der Waals surface area contributed by atoms with Gasteiger partial charge < -0.3 is 0 Å². The van der Waals surface area contributed by atoms with Gasteiger partial charge in [0.15, 0.2) is 0 Å². The van der Waals surface area contributed by atoms with Crippen molar-refractivity contribution in [3.63, 3.8) is 0 Å². The summed E-state index contributed by atoms with van der Waals surface area (Å²) in [5.41, 5.74) is 3.43. The van der Waals surface area contributed by atoms with E-state index >= 15 is 0 Å². The van der Waals surface area contributed by atoms with Gasteiger partial charge >= 0.3 is 0 Å². The summed E-state index contributed by atoms with van der Waals surface area (Å²) in [6.07, 6.45) is 5.86. The van der Waals surface area contributed by atoms with Crippen LogP contribution in [0.5, 0.6) is 0 Å². The van der Waals surface area contributed by atoms with Crippen LogP contribution in [-0.2, 0) is 6.42 Å². The summed E-state index contributed by atoms with van der Waals surface area (Å²) in [7, 11) is 0. The highest BCUT2D eigenvalue weighted by Gasteiger charge is 2.17. The molecule has 0 saturated heterocycles. The Hall–Kier alpha value is -2.14. The number of carbonyl (C=O) groups is 1. The first-order valence-electron chi connectivity index (χ1n) is 7.68. The molecule has 0 aliphatic rings. The molecule has 0 spiro atoms. The Morgan fingerprint density at radius 2 is 1.96 bits per heavy atom. The summed E-state index contributed by atoms with van der Waals surface area (Å²) in [6.45, 7) is 4.23. The van der Waals surface area contributed by atoms with E-state index in [0.717, 1.165) is 23.6 Å². The second kappa shape index (κ2) is 6.54. The van der Waals surface area contributed by atoms with Gasteiger partial charge in [0.25, 0.3) is 0 Å². The van der Waals surface area contributed by atoms with Crippen molar-refractivity contribution in [3.05, 3.63) is 59.0 Å². The van der Waals surface area contributed by atoms with Crippen molar-refractivity contribution in [2.24, 2.45) is 0 Å². The number of thioether (sulfide) groups is 1. The number of fused-ring (bicyclic) bond motifs is 1. The number of ketones is 1. The molecule has 3 rings (SSSR count). The summed E-state index contributed by atoms with van der Waals surface area (Å²) in [5, 5.41) is 1.00. The minimum Gasteiger partial charge on any atom is -0.287 e. The highest BCUT2D eigenvalue weighted by molar-refractivity contribution is 7.98. The number of nitrogens with zero attached hydrogens (tertiary/aromatic N) is 3. The molecule has 0 aliphatic heterocycles. The Balaban J connectivity index is 2.12. The van der Waals surface area contributed by atoms with Gasteiger partial charge in [0.2, 0.25) is 11.6 Å². The van der Waals surface area contributed by atoms with Crippen LogP contribution in [0.25, 0.3) is 5.78 Å². The molecular formula is C18H19N3OS. The maximum absolute atomic E-state index is 12.6. The van der Waals surface area contributed by atoms with E-state index in [1.807, 2.05) is 41.0 Å². The second-order valence-electron chi connectivity index (χ2n) is 5.43. The van der Waals surface area contributed by atoms with Gasteiger partial charge in [-0.25, -0.2) is 9.97 Å². The van der Waals surface area contributed by atoms with Crippen LogP contribution in [0.15, 0.2) is 41.6 Å². The lowest BCUT2D eigenvalue weighted by molar-refractivity contribution is 0.103. The summed E-state index contributed by atoms with van der Waals surface area (Å²) in [5.74, 6) is 0.518.